The van der Waals surface area contributed by atoms with Crippen molar-refractivity contribution in [1.29, 1.82) is 0 Å². The van der Waals surface area contributed by atoms with Gasteiger partial charge in [0.25, 0.3) is 11.8 Å². The van der Waals surface area contributed by atoms with Gasteiger partial charge in [0, 0.05) is 62.1 Å². The molecule has 2 amide bonds. The van der Waals surface area contributed by atoms with Gasteiger partial charge in [0.15, 0.2) is 13.2 Å². The fourth-order valence-electron chi connectivity index (χ4n) is 5.04. The fraction of sp³-hybridized carbons (Fsp3) is 0.333. The van der Waals surface area contributed by atoms with E-state index in [-0.39, 0.29) is 35.1 Å². The Balaban J connectivity index is 0.000000208. The van der Waals surface area contributed by atoms with Crippen LogP contribution in [0, 0.1) is 0 Å². The van der Waals surface area contributed by atoms with E-state index >= 15 is 0 Å². The number of carbonyl (C=O) groups is 2. The lowest BCUT2D eigenvalue weighted by molar-refractivity contribution is -0.154. The summed E-state index contributed by atoms with van der Waals surface area (Å²) in [5.41, 5.74) is 3.60. The Kier molecular flexibility index (Phi) is 13.8. The molecule has 2 fully saturated rings. The molecule has 0 unspecified atom stereocenters. The Morgan fingerprint density at radius 2 is 1.02 bits per heavy atom. The summed E-state index contributed by atoms with van der Waals surface area (Å²) in [7, 11) is 0. The molecule has 2 saturated heterocycles. The van der Waals surface area contributed by atoms with E-state index in [1.165, 1.54) is 24.3 Å². The summed E-state index contributed by atoms with van der Waals surface area (Å²) in [5, 5.41) is 11.9. The number of ether oxygens (including phenoxy) is 4. The lowest BCUT2D eigenvalue weighted by atomic mass is 10.1. The van der Waals surface area contributed by atoms with Crippen molar-refractivity contribution in [2.24, 2.45) is 0 Å². The maximum Gasteiger partial charge on any atom is 0.422 e. The highest BCUT2D eigenvalue weighted by atomic mass is 19.4. The second kappa shape index (κ2) is 18.6. The molecule has 6 rings (SSSR count). The highest BCUT2D eigenvalue weighted by Crippen LogP contribution is 2.23. The maximum atomic E-state index is 12.2. The smallest absolute Gasteiger partial charge is 0.422 e. The Hall–Kier alpha value is -5.30. The molecule has 2 aromatic heterocycles. The number of morpholine rings is 2. The van der Waals surface area contributed by atoms with Gasteiger partial charge in [-0.2, -0.15) is 26.3 Å². The van der Waals surface area contributed by atoms with Gasteiger partial charge in [-0.3, -0.25) is 9.59 Å². The van der Waals surface area contributed by atoms with Gasteiger partial charge in [0.1, 0.15) is 0 Å². The Morgan fingerprint density at radius 3 is 1.31 bits per heavy atom. The standard InChI is InChI=1S/2C18H18F3N3O3/c2*19-18(20,21)11-27-16-6-3-13(9-23-16)17(25)24-14-4-1-12(2-5-14)15-10-22-7-8-26-15/h2*1-6,9,15,22H,7-8,10-11H2,(H,24,25)/t2*15-/m10/s1. The summed E-state index contributed by atoms with van der Waals surface area (Å²) < 4.78 is 93.0. The van der Waals surface area contributed by atoms with Crippen LogP contribution in [0.2, 0.25) is 0 Å². The molecule has 2 aromatic carbocycles. The summed E-state index contributed by atoms with van der Waals surface area (Å²) in [6, 6.07) is 19.7. The molecule has 2 aliphatic rings. The van der Waals surface area contributed by atoms with Crippen molar-refractivity contribution in [3.63, 3.8) is 0 Å². The summed E-state index contributed by atoms with van der Waals surface area (Å²) in [4.78, 5) is 31.9. The topological polar surface area (TPSA) is 145 Å². The highest BCUT2D eigenvalue weighted by molar-refractivity contribution is 6.04. The molecule has 2 aliphatic heterocycles. The van der Waals surface area contributed by atoms with Gasteiger partial charge in [0.05, 0.1) is 36.5 Å². The number of nitrogens with one attached hydrogen (secondary N) is 4. The number of nitrogens with zero attached hydrogens (tertiary/aromatic N) is 2. The molecule has 0 radical (unpaired) electrons. The highest BCUT2D eigenvalue weighted by Gasteiger charge is 2.29. The van der Waals surface area contributed by atoms with Gasteiger partial charge < -0.3 is 40.2 Å². The third-order valence-corrected chi connectivity index (χ3v) is 7.70. The van der Waals surface area contributed by atoms with E-state index in [2.05, 4.69) is 40.7 Å². The van der Waals surface area contributed by atoms with Gasteiger partial charge in [0.2, 0.25) is 11.8 Å². The van der Waals surface area contributed by atoms with Gasteiger partial charge >= 0.3 is 12.4 Å². The van der Waals surface area contributed by atoms with Crippen LogP contribution in [0.5, 0.6) is 11.8 Å². The Labute approximate surface area is 305 Å². The summed E-state index contributed by atoms with van der Waals surface area (Å²) in [6.07, 6.45) is -6.59. The first-order chi connectivity index (χ1) is 25.8. The molecule has 12 nitrogen and oxygen atoms in total. The molecule has 288 valence electrons. The van der Waals surface area contributed by atoms with Crippen LogP contribution in [-0.2, 0) is 9.47 Å². The van der Waals surface area contributed by atoms with Gasteiger partial charge in [-0.1, -0.05) is 24.3 Å². The van der Waals surface area contributed by atoms with Crippen LogP contribution >= 0.6 is 0 Å². The summed E-state index contributed by atoms with van der Waals surface area (Å²) in [6.45, 7) is 1.57. The van der Waals surface area contributed by atoms with Gasteiger partial charge in [-0.25, -0.2) is 9.97 Å². The van der Waals surface area contributed by atoms with Crippen molar-refractivity contribution in [1.82, 2.24) is 20.6 Å². The number of halogens is 6. The van der Waals surface area contributed by atoms with E-state index < -0.39 is 37.4 Å². The van der Waals surface area contributed by atoms with Crippen LogP contribution in [0.25, 0.3) is 0 Å². The van der Waals surface area contributed by atoms with Crippen molar-refractivity contribution in [3.05, 3.63) is 107 Å². The van der Waals surface area contributed by atoms with Crippen molar-refractivity contribution in [2.45, 2.75) is 24.6 Å². The van der Waals surface area contributed by atoms with E-state index in [9.17, 15) is 35.9 Å². The number of hydrogen-bond donors (Lipinski definition) is 4. The number of aromatic nitrogens is 2. The van der Waals surface area contributed by atoms with Crippen molar-refractivity contribution >= 4 is 23.2 Å². The van der Waals surface area contributed by atoms with Crippen LogP contribution in [0.4, 0.5) is 37.7 Å². The summed E-state index contributed by atoms with van der Waals surface area (Å²) >= 11 is 0. The van der Waals surface area contributed by atoms with Crippen LogP contribution in [0.15, 0.2) is 85.2 Å². The van der Waals surface area contributed by atoms with Crippen LogP contribution in [0.1, 0.15) is 44.1 Å². The first-order valence-corrected chi connectivity index (χ1v) is 16.6. The Morgan fingerprint density at radius 1 is 0.630 bits per heavy atom. The van der Waals surface area contributed by atoms with Crippen molar-refractivity contribution < 1.29 is 54.9 Å². The molecule has 4 heterocycles. The minimum Gasteiger partial charge on any atom is -0.468 e. The lowest BCUT2D eigenvalue weighted by Gasteiger charge is -2.24. The number of amides is 2. The zero-order valence-corrected chi connectivity index (χ0v) is 28.5. The summed E-state index contributed by atoms with van der Waals surface area (Å²) in [5.74, 6) is -1.25. The van der Waals surface area contributed by atoms with Crippen LogP contribution in [-0.4, -0.2) is 86.7 Å². The first-order valence-electron chi connectivity index (χ1n) is 16.6. The van der Waals surface area contributed by atoms with E-state index in [0.717, 1.165) is 49.7 Å². The van der Waals surface area contributed by atoms with Crippen molar-refractivity contribution in [3.8, 4) is 11.8 Å². The number of pyridine rings is 2. The molecule has 54 heavy (non-hydrogen) atoms. The normalized spacial score (nSPS) is 17.4. The number of anilines is 2. The molecule has 4 aromatic rings. The molecular weight excluding hydrogens is 726 g/mol. The number of rotatable bonds is 10. The second-order valence-electron chi connectivity index (χ2n) is 11.9. The predicted octanol–water partition coefficient (Wildman–Crippen LogP) is 5.87. The third kappa shape index (κ3) is 13.0. The monoisotopic (exact) mass is 762 g/mol. The molecule has 2 atom stereocenters. The van der Waals surface area contributed by atoms with Crippen LogP contribution in [0.3, 0.4) is 0 Å². The Bertz CT molecular complexity index is 1650. The average molecular weight is 763 g/mol. The molecule has 0 bridgehead atoms. The van der Waals surface area contributed by atoms with Gasteiger partial charge in [-0.05, 0) is 47.5 Å². The zero-order valence-electron chi connectivity index (χ0n) is 28.5. The number of hydrogen-bond acceptors (Lipinski definition) is 10. The molecule has 0 saturated carbocycles. The van der Waals surface area contributed by atoms with E-state index in [4.69, 9.17) is 9.47 Å². The molecular formula is C36H36F6N6O6. The quantitative estimate of drug-likeness (QED) is 0.145. The molecule has 0 aliphatic carbocycles. The number of alkyl halides is 6. The van der Waals surface area contributed by atoms with E-state index in [0.29, 0.717) is 24.6 Å². The van der Waals surface area contributed by atoms with E-state index in [1.807, 2.05) is 24.3 Å². The predicted molar refractivity (Wildman–Crippen MR) is 183 cm³/mol. The number of benzene rings is 2. The third-order valence-electron chi connectivity index (χ3n) is 7.70. The first kappa shape index (κ1) is 39.9. The zero-order chi connectivity index (χ0) is 38.6. The molecule has 4 N–H and O–H groups in total. The van der Waals surface area contributed by atoms with Crippen LogP contribution < -0.4 is 30.7 Å². The second-order valence-corrected chi connectivity index (χ2v) is 11.9. The molecule has 0 spiro atoms. The SMILES string of the molecule is O=C(Nc1ccc([C@@H]2CNCCO2)cc1)c1ccc(OCC(F)(F)F)nc1.O=C(Nc1ccc([C@H]2CNCCO2)cc1)c1ccc(OCC(F)(F)F)nc1. The number of carbonyl (C=O) groups excluding carboxylic acids is 2. The minimum absolute atomic E-state index is 0.0167. The van der Waals surface area contributed by atoms with Crippen molar-refractivity contribution in [2.75, 3.05) is 63.2 Å². The molecule has 18 heteroatoms. The fourth-order valence-corrected chi connectivity index (χ4v) is 5.04. The maximum absolute atomic E-state index is 12.2. The average Bonchev–Trinajstić information content (AvgIpc) is 3.17. The van der Waals surface area contributed by atoms with E-state index in [1.54, 1.807) is 24.3 Å². The lowest BCUT2D eigenvalue weighted by Crippen LogP contribution is -2.33. The van der Waals surface area contributed by atoms with Gasteiger partial charge in [-0.15, -0.1) is 0 Å². The minimum atomic E-state index is -4.44. The largest absolute Gasteiger partial charge is 0.468 e.